The molecule has 47 heavy (non-hydrogen) atoms. The molecule has 0 unspecified atom stereocenters. The zero-order valence-electron chi connectivity index (χ0n) is 30.6. The predicted molar refractivity (Wildman–Crippen MR) is 200 cm³/mol. The van der Waals surface area contributed by atoms with Gasteiger partial charge in [0.15, 0.2) is 5.78 Å². The Labute approximate surface area is 301 Å². The van der Waals surface area contributed by atoms with Crippen molar-refractivity contribution < 1.29 is 31.4 Å². The van der Waals surface area contributed by atoms with Crippen LogP contribution in [0.15, 0.2) is 72.6 Å². The van der Waals surface area contributed by atoms with Gasteiger partial charge in [-0.25, -0.2) is 0 Å². The Morgan fingerprint density at radius 2 is 1.53 bits per heavy atom. The molecule has 0 bridgehead atoms. The summed E-state index contributed by atoms with van der Waals surface area (Å²) < 4.78 is 10.4. The smallest absolute Gasteiger partial charge is 0.162 e. The van der Waals surface area contributed by atoms with E-state index in [1.54, 1.807) is 0 Å². The van der Waals surface area contributed by atoms with Gasteiger partial charge in [-0.3, -0.25) is 9.78 Å². The maximum absolute atomic E-state index is 11.9. The molecule has 3 aromatic carbocycles. The number of hydrogen-bond acceptors (Lipinski definition) is 4. The van der Waals surface area contributed by atoms with Gasteiger partial charge in [0, 0.05) is 64.7 Å². The Morgan fingerprint density at radius 3 is 2.15 bits per heavy atom. The zero-order chi connectivity index (χ0) is 34.5. The zero-order valence-corrected chi connectivity index (χ0v) is 32.8. The maximum Gasteiger partial charge on any atom is 0.162 e. The molecular formula is C42H52IrNO2S-. The SMILES string of the molecule is CC(C)Cc1cccc2c1sc1c(-c3[c-]c4ccccc4c(C(C)(C)C)c3)nccc12.[2H]/C(C(=O)C(CC)CC)=C(/O)C(CC)CC.[Ir]. The molecule has 0 fully saturated rings. The summed E-state index contributed by atoms with van der Waals surface area (Å²) in [5.41, 5.74) is 4.97. The molecule has 0 aliphatic heterocycles. The van der Waals surface area contributed by atoms with Crippen LogP contribution in [0, 0.1) is 23.8 Å². The van der Waals surface area contributed by atoms with Crippen LogP contribution in [0.3, 0.4) is 0 Å². The Hall–Kier alpha value is -2.85. The largest absolute Gasteiger partial charge is 0.512 e. The Morgan fingerprint density at radius 1 is 0.915 bits per heavy atom. The number of hydrogen-bond donors (Lipinski definition) is 1. The molecule has 0 aliphatic carbocycles. The van der Waals surface area contributed by atoms with Gasteiger partial charge < -0.3 is 5.11 Å². The Balaban J connectivity index is 0.000000316. The first-order valence-corrected chi connectivity index (χ1v) is 17.9. The third-order valence-corrected chi connectivity index (χ3v) is 10.2. The topological polar surface area (TPSA) is 50.2 Å². The molecule has 5 aromatic rings. The molecule has 2 heterocycles. The van der Waals surface area contributed by atoms with Crippen molar-refractivity contribution >= 4 is 48.1 Å². The predicted octanol–water partition coefficient (Wildman–Crippen LogP) is 12.4. The first-order chi connectivity index (χ1) is 22.4. The van der Waals surface area contributed by atoms with Gasteiger partial charge in [0.1, 0.15) is 0 Å². The molecule has 1 N–H and O–H groups in total. The van der Waals surface area contributed by atoms with E-state index in [0.717, 1.165) is 48.7 Å². The number of rotatable bonds is 10. The normalized spacial score (nSPS) is 12.7. The third-order valence-electron chi connectivity index (χ3n) is 8.94. The molecule has 1 radical (unpaired) electrons. The summed E-state index contributed by atoms with van der Waals surface area (Å²) in [6.07, 6.45) is 6.05. The number of aliphatic hydroxyl groups excluding tert-OH is 1. The number of fused-ring (bicyclic) bond motifs is 4. The molecular weight excluding hydrogens is 775 g/mol. The van der Waals surface area contributed by atoms with Crippen molar-refractivity contribution in [2.45, 2.75) is 99.8 Å². The van der Waals surface area contributed by atoms with Crippen molar-refractivity contribution in [2.75, 3.05) is 0 Å². The molecule has 0 saturated heterocycles. The first kappa shape index (κ1) is 37.0. The number of aromatic nitrogens is 1. The number of nitrogens with zero attached hydrogens (tertiary/aromatic N) is 1. The second-order valence-electron chi connectivity index (χ2n) is 13.8. The van der Waals surface area contributed by atoms with E-state index in [4.69, 9.17) is 6.35 Å². The summed E-state index contributed by atoms with van der Waals surface area (Å²) in [6, 6.07) is 23.3. The standard InChI is InChI=1S/C29H28NS.C13H24O2.Ir/c1-18(2)15-20-10-8-12-23-24-13-14-30-26(28(24)31-27(20)23)21-16-19-9-6-7-11-22(19)25(17-21)29(3,4)5;1-5-10(6-2)12(14)9-13(15)11(7-3)8-4;/h6-14,17-18H,15H2,1-5H3;9-11,14H,5-8H2,1-4H3;/q-1;;/b;12-9-;/i;9D;. The summed E-state index contributed by atoms with van der Waals surface area (Å²) >= 11 is 1.89. The molecule has 253 valence electrons. The van der Waals surface area contributed by atoms with Gasteiger partial charge in [-0.05, 0) is 60.5 Å². The minimum absolute atomic E-state index is 0. The van der Waals surface area contributed by atoms with Gasteiger partial charge in [0.25, 0.3) is 0 Å². The number of thiophene rings is 1. The van der Waals surface area contributed by atoms with Crippen LogP contribution in [-0.4, -0.2) is 15.9 Å². The van der Waals surface area contributed by atoms with Crippen molar-refractivity contribution in [2.24, 2.45) is 17.8 Å². The molecule has 0 aliphatic rings. The van der Waals surface area contributed by atoms with Crippen molar-refractivity contribution in [3.8, 4) is 11.3 Å². The summed E-state index contributed by atoms with van der Waals surface area (Å²) in [7, 11) is 0. The van der Waals surface area contributed by atoms with Crippen LogP contribution in [0.1, 0.15) is 100 Å². The van der Waals surface area contributed by atoms with Gasteiger partial charge in [0.05, 0.1) is 7.13 Å². The fourth-order valence-corrected chi connectivity index (χ4v) is 7.54. The van der Waals surface area contributed by atoms with Gasteiger partial charge in [-0.1, -0.05) is 110 Å². The van der Waals surface area contributed by atoms with E-state index in [-0.39, 0.29) is 55.0 Å². The number of ketones is 1. The van der Waals surface area contributed by atoms with E-state index >= 15 is 0 Å². The number of pyridine rings is 1. The number of carbonyl (C=O) groups excluding carboxylic acids is 1. The molecule has 0 saturated carbocycles. The average molecular weight is 828 g/mol. The average Bonchev–Trinajstić information content (AvgIpc) is 3.44. The molecule has 0 amide bonds. The fraction of sp³-hybridized carbons (Fsp3) is 0.429. The minimum Gasteiger partial charge on any atom is -0.512 e. The summed E-state index contributed by atoms with van der Waals surface area (Å²) in [4.78, 5) is 16.7. The Kier molecular flexibility index (Phi) is 13.4. The van der Waals surface area contributed by atoms with E-state index in [1.165, 1.54) is 36.7 Å². The van der Waals surface area contributed by atoms with Crippen molar-refractivity contribution in [1.82, 2.24) is 4.98 Å². The summed E-state index contributed by atoms with van der Waals surface area (Å²) in [6.45, 7) is 19.2. The fourth-order valence-electron chi connectivity index (χ4n) is 6.22. The number of aliphatic hydroxyl groups is 1. The summed E-state index contributed by atoms with van der Waals surface area (Å²) in [5, 5.41) is 14.9. The van der Waals surface area contributed by atoms with E-state index in [0.29, 0.717) is 5.92 Å². The van der Waals surface area contributed by atoms with Crippen LogP contribution in [0.4, 0.5) is 0 Å². The quantitative estimate of drug-likeness (QED) is 0.0867. The van der Waals surface area contributed by atoms with Crippen LogP contribution >= 0.6 is 11.3 Å². The number of carbonyl (C=O) groups is 1. The van der Waals surface area contributed by atoms with Crippen LogP contribution in [-0.2, 0) is 36.7 Å². The van der Waals surface area contributed by atoms with Gasteiger partial charge in [-0.15, -0.1) is 40.5 Å². The van der Waals surface area contributed by atoms with Crippen molar-refractivity contribution in [3.63, 3.8) is 0 Å². The third kappa shape index (κ3) is 8.99. The minimum atomic E-state index is -0.214. The molecule has 5 rings (SSSR count). The second kappa shape index (κ2) is 17.0. The number of benzene rings is 3. The van der Waals surface area contributed by atoms with E-state index in [9.17, 15) is 9.90 Å². The van der Waals surface area contributed by atoms with Crippen LogP contribution in [0.5, 0.6) is 0 Å². The summed E-state index contributed by atoms with van der Waals surface area (Å²) in [5.74, 6) is 0.225. The van der Waals surface area contributed by atoms with Crippen molar-refractivity contribution in [3.05, 3.63) is 89.8 Å². The van der Waals surface area contributed by atoms with E-state index in [2.05, 4.69) is 95.3 Å². The molecule has 3 nitrogen and oxygen atoms in total. The van der Waals surface area contributed by atoms with Gasteiger partial charge >= 0.3 is 0 Å². The van der Waals surface area contributed by atoms with E-state index < -0.39 is 0 Å². The van der Waals surface area contributed by atoms with Gasteiger partial charge in [-0.2, -0.15) is 0 Å². The molecule has 0 spiro atoms. The molecule has 2 aromatic heterocycles. The molecule has 5 heteroatoms. The van der Waals surface area contributed by atoms with Crippen LogP contribution < -0.4 is 0 Å². The van der Waals surface area contributed by atoms with Crippen molar-refractivity contribution in [1.29, 1.82) is 0 Å². The van der Waals surface area contributed by atoms with Crippen LogP contribution in [0.25, 0.3) is 42.2 Å². The first-order valence-electron chi connectivity index (χ1n) is 17.5. The van der Waals surface area contributed by atoms with E-state index in [1.807, 2.05) is 45.2 Å². The molecule has 0 atom stereocenters. The van der Waals surface area contributed by atoms with Gasteiger partial charge in [0.2, 0.25) is 0 Å². The maximum atomic E-state index is 11.9. The van der Waals surface area contributed by atoms with Crippen LogP contribution in [0.2, 0.25) is 0 Å². The Bertz CT molecular complexity index is 1880. The number of allylic oxidation sites excluding steroid dienone is 2. The second-order valence-corrected chi connectivity index (χ2v) is 14.8. The monoisotopic (exact) mass is 828 g/mol.